The molecular weight excluding hydrogens is 575 g/mol. The number of imidazole rings is 1. The number of nitrogens with zero attached hydrogens (tertiary/aromatic N) is 4. The van der Waals surface area contributed by atoms with Crippen molar-refractivity contribution >= 4 is 34.8 Å². The van der Waals surface area contributed by atoms with Gasteiger partial charge in [-0.15, -0.1) is 0 Å². The Bertz CT molecular complexity index is 1630. The van der Waals surface area contributed by atoms with Gasteiger partial charge in [0.05, 0.1) is 24.9 Å². The number of carboxylic acid groups (broad SMARTS) is 1. The number of piperidine rings is 1. The molecule has 0 amide bonds. The van der Waals surface area contributed by atoms with Crippen LogP contribution in [-0.2, 0) is 29.2 Å². The zero-order valence-corrected chi connectivity index (χ0v) is 24.3. The summed E-state index contributed by atoms with van der Waals surface area (Å²) in [6.45, 7) is 4.02. The predicted octanol–water partition coefficient (Wildman–Crippen LogP) is 5.73. The Labute approximate surface area is 253 Å². The minimum atomic E-state index is -1.01. The summed E-state index contributed by atoms with van der Waals surface area (Å²) in [5.74, 6) is 0.327. The normalized spacial score (nSPS) is 17.8. The first kappa shape index (κ1) is 29.1. The van der Waals surface area contributed by atoms with Crippen molar-refractivity contribution in [2.45, 2.75) is 51.2 Å². The first-order valence-corrected chi connectivity index (χ1v) is 14.7. The van der Waals surface area contributed by atoms with Crippen LogP contribution in [0.25, 0.3) is 17.2 Å². The molecule has 9 nitrogen and oxygen atoms in total. The average molecular weight is 607 g/mol. The minimum absolute atomic E-state index is 0.0774. The monoisotopic (exact) mass is 606 g/mol. The molecule has 43 heavy (non-hydrogen) atoms. The fraction of sp³-hybridized carbons (Fsp3) is 0.344. The predicted molar refractivity (Wildman–Crippen MR) is 160 cm³/mol. The lowest BCUT2D eigenvalue weighted by atomic mass is 10.1. The largest absolute Gasteiger partial charge is 0.490 e. The number of hydrogen-bond donors (Lipinski definition) is 1. The van der Waals surface area contributed by atoms with E-state index in [0.29, 0.717) is 23.8 Å². The fourth-order valence-electron chi connectivity index (χ4n) is 5.30. The van der Waals surface area contributed by atoms with Crippen LogP contribution < -0.4 is 9.47 Å². The molecule has 0 saturated carbocycles. The summed E-state index contributed by atoms with van der Waals surface area (Å²) in [7, 11) is 0. The second-order valence-electron chi connectivity index (χ2n) is 10.8. The molecule has 4 aromatic rings. The maximum atomic E-state index is 14.1. The van der Waals surface area contributed by atoms with E-state index in [4.69, 9.17) is 40.9 Å². The maximum absolute atomic E-state index is 14.1. The molecule has 2 aromatic heterocycles. The van der Waals surface area contributed by atoms with Gasteiger partial charge >= 0.3 is 5.97 Å². The molecule has 0 unspecified atom stereocenters. The van der Waals surface area contributed by atoms with Gasteiger partial charge in [-0.2, -0.15) is 0 Å². The topological polar surface area (TPSA) is 98.9 Å². The highest BCUT2D eigenvalue weighted by Crippen LogP contribution is 2.26. The van der Waals surface area contributed by atoms with Gasteiger partial charge in [-0.3, -0.25) is 4.90 Å². The number of aromatic nitrogens is 3. The van der Waals surface area contributed by atoms with E-state index in [9.17, 15) is 9.18 Å². The number of hydrogen-bond acceptors (Lipinski definition) is 7. The number of rotatable bonds is 11. The zero-order chi connectivity index (χ0) is 29.8. The van der Waals surface area contributed by atoms with Crippen LogP contribution in [0.2, 0.25) is 5.02 Å². The summed E-state index contributed by atoms with van der Waals surface area (Å²) < 4.78 is 33.8. The van der Waals surface area contributed by atoms with Gasteiger partial charge in [0.25, 0.3) is 0 Å². The number of benzene rings is 2. The Morgan fingerprint density at radius 3 is 2.70 bits per heavy atom. The molecule has 0 aliphatic carbocycles. The SMILES string of the molecule is O=C(O)/C=C/c1ccc2nc(CN3CCC(Oc4cccc(COc5ccc(Cl)cc5F)c4)CC3)n(C[C@@H]3CCO3)c2n1. The molecule has 4 heterocycles. The smallest absolute Gasteiger partial charge is 0.328 e. The van der Waals surface area contributed by atoms with E-state index in [1.54, 1.807) is 12.1 Å². The summed E-state index contributed by atoms with van der Waals surface area (Å²) in [4.78, 5) is 22.9. The lowest BCUT2D eigenvalue weighted by molar-refractivity contribution is -0.131. The van der Waals surface area contributed by atoms with Crippen LogP contribution in [0.5, 0.6) is 11.5 Å². The van der Waals surface area contributed by atoms with Gasteiger partial charge < -0.3 is 23.9 Å². The van der Waals surface area contributed by atoms with Crippen LogP contribution >= 0.6 is 11.6 Å². The third kappa shape index (κ3) is 7.33. The Kier molecular flexibility index (Phi) is 8.87. The van der Waals surface area contributed by atoms with Gasteiger partial charge in [-0.05, 0) is 73.4 Å². The van der Waals surface area contributed by atoms with Gasteiger partial charge in [-0.25, -0.2) is 19.2 Å². The second-order valence-corrected chi connectivity index (χ2v) is 11.2. The van der Waals surface area contributed by atoms with Crippen LogP contribution in [0.3, 0.4) is 0 Å². The van der Waals surface area contributed by atoms with E-state index in [1.807, 2.05) is 30.3 Å². The lowest BCUT2D eigenvalue weighted by Gasteiger charge is -2.32. The number of aliphatic carboxylic acids is 1. The number of likely N-dealkylation sites (tertiary alicyclic amines) is 1. The van der Waals surface area contributed by atoms with E-state index in [0.717, 1.165) is 73.3 Å². The highest BCUT2D eigenvalue weighted by molar-refractivity contribution is 6.30. The first-order chi connectivity index (χ1) is 20.9. The van der Waals surface area contributed by atoms with Crippen molar-refractivity contribution in [3.8, 4) is 11.5 Å². The number of pyridine rings is 1. The number of ether oxygens (including phenoxy) is 3. The summed E-state index contributed by atoms with van der Waals surface area (Å²) >= 11 is 5.83. The third-order valence-corrected chi connectivity index (χ3v) is 7.89. The molecule has 0 spiro atoms. The molecule has 11 heteroatoms. The van der Waals surface area contributed by atoms with Gasteiger partial charge in [0.2, 0.25) is 0 Å². The van der Waals surface area contributed by atoms with Crippen LogP contribution in [0.4, 0.5) is 4.39 Å². The van der Waals surface area contributed by atoms with Gasteiger partial charge in [-0.1, -0.05) is 23.7 Å². The van der Waals surface area contributed by atoms with Crippen molar-refractivity contribution in [2.24, 2.45) is 0 Å². The number of carboxylic acids is 1. The lowest BCUT2D eigenvalue weighted by Crippen LogP contribution is -2.39. The molecule has 6 rings (SSSR count). The highest BCUT2D eigenvalue weighted by Gasteiger charge is 2.26. The molecule has 2 saturated heterocycles. The molecule has 2 aliphatic rings. The summed E-state index contributed by atoms with van der Waals surface area (Å²) in [6.07, 6.45) is 5.51. The van der Waals surface area contributed by atoms with Gasteiger partial charge in [0.15, 0.2) is 17.2 Å². The van der Waals surface area contributed by atoms with Crippen molar-refractivity contribution in [1.82, 2.24) is 19.4 Å². The zero-order valence-electron chi connectivity index (χ0n) is 23.5. The second kappa shape index (κ2) is 13.1. The van der Waals surface area contributed by atoms with E-state index in [1.165, 1.54) is 18.2 Å². The van der Waals surface area contributed by atoms with Crippen molar-refractivity contribution < 1.29 is 28.5 Å². The molecular formula is C32H32ClFN4O5. The standard InChI is InChI=1S/C32H32ClFN4O5/c33-22-4-8-29(27(34)17-22)42-20-21-2-1-3-25(16-21)43-24-10-13-37(14-11-24)19-30-36-28-7-5-23(6-9-31(39)40)35-32(28)38(30)18-26-12-15-41-26/h1-9,16-17,24,26H,10-15,18-20H2,(H,39,40)/b9-6+/t26-/m0/s1. The van der Waals surface area contributed by atoms with Crippen molar-refractivity contribution in [3.05, 3.63) is 88.6 Å². The Morgan fingerprint density at radius 2 is 1.95 bits per heavy atom. The average Bonchev–Trinajstić information content (AvgIpc) is 3.30. The molecule has 0 bridgehead atoms. The number of fused-ring (bicyclic) bond motifs is 1. The highest BCUT2D eigenvalue weighted by atomic mass is 35.5. The Morgan fingerprint density at radius 1 is 1.12 bits per heavy atom. The Balaban J connectivity index is 1.07. The molecule has 2 fully saturated rings. The van der Waals surface area contributed by atoms with Crippen LogP contribution in [-0.4, -0.2) is 62.4 Å². The first-order valence-electron chi connectivity index (χ1n) is 14.3. The van der Waals surface area contributed by atoms with Crippen LogP contribution in [0.1, 0.15) is 36.3 Å². The molecule has 2 aromatic carbocycles. The minimum Gasteiger partial charge on any atom is -0.490 e. The number of carbonyl (C=O) groups is 1. The molecule has 1 N–H and O–H groups in total. The molecule has 2 aliphatic heterocycles. The van der Waals surface area contributed by atoms with Crippen LogP contribution in [0.15, 0.2) is 60.7 Å². The van der Waals surface area contributed by atoms with Crippen molar-refractivity contribution in [1.29, 1.82) is 0 Å². The van der Waals surface area contributed by atoms with E-state index >= 15 is 0 Å². The Hall–Kier alpha value is -3.99. The molecule has 224 valence electrons. The summed E-state index contributed by atoms with van der Waals surface area (Å²) in [6, 6.07) is 15.7. The van der Waals surface area contributed by atoms with Crippen LogP contribution in [0, 0.1) is 5.82 Å². The van der Waals surface area contributed by atoms with Gasteiger partial charge in [0.1, 0.15) is 29.8 Å². The quantitative estimate of drug-likeness (QED) is 0.216. The molecule has 1 atom stereocenters. The van der Waals surface area contributed by atoms with Crippen molar-refractivity contribution in [2.75, 3.05) is 19.7 Å². The van der Waals surface area contributed by atoms with Crippen molar-refractivity contribution in [3.63, 3.8) is 0 Å². The van der Waals surface area contributed by atoms with Gasteiger partial charge in [0, 0.05) is 30.8 Å². The fourth-order valence-corrected chi connectivity index (χ4v) is 5.46. The van der Waals surface area contributed by atoms with E-state index in [2.05, 4.69) is 9.47 Å². The van der Waals surface area contributed by atoms with E-state index in [-0.39, 0.29) is 24.6 Å². The third-order valence-electron chi connectivity index (χ3n) is 7.66. The number of halogens is 2. The summed E-state index contributed by atoms with van der Waals surface area (Å²) in [5.41, 5.74) is 2.97. The molecule has 0 radical (unpaired) electrons. The maximum Gasteiger partial charge on any atom is 0.328 e. The van der Waals surface area contributed by atoms with E-state index < -0.39 is 11.8 Å². The summed E-state index contributed by atoms with van der Waals surface area (Å²) in [5, 5.41) is 9.32.